The molecule has 184 valence electrons. The number of nitrogens with zero attached hydrogens (tertiary/aromatic N) is 4. The van der Waals surface area contributed by atoms with E-state index < -0.39 is 57.3 Å². The van der Waals surface area contributed by atoms with Crippen molar-refractivity contribution >= 4 is 21.2 Å². The van der Waals surface area contributed by atoms with Crippen molar-refractivity contribution in [3.63, 3.8) is 0 Å². The van der Waals surface area contributed by atoms with Crippen molar-refractivity contribution in [1.82, 2.24) is 28.7 Å². The molecule has 0 unspecified atom stereocenters. The van der Waals surface area contributed by atoms with Crippen LogP contribution in [0.2, 0.25) is 0 Å². The Morgan fingerprint density at radius 1 is 1.23 bits per heavy atom. The van der Waals surface area contributed by atoms with Crippen molar-refractivity contribution in [2.75, 3.05) is 7.05 Å². The summed E-state index contributed by atoms with van der Waals surface area (Å²) in [5, 5.41) is 3.72. The molecule has 0 saturated heterocycles. The van der Waals surface area contributed by atoms with Gasteiger partial charge >= 0.3 is 11.6 Å². The summed E-state index contributed by atoms with van der Waals surface area (Å²) in [5.74, 6) is -5.94. The highest BCUT2D eigenvalue weighted by Gasteiger charge is 2.52. The highest BCUT2D eigenvalue weighted by Crippen LogP contribution is 2.39. The van der Waals surface area contributed by atoms with Crippen LogP contribution in [0, 0.1) is 18.6 Å². The fourth-order valence-corrected chi connectivity index (χ4v) is 4.76. The molecule has 1 atom stereocenters. The lowest BCUT2D eigenvalue weighted by Gasteiger charge is -2.19. The first-order valence-corrected chi connectivity index (χ1v) is 11.6. The predicted octanol–water partition coefficient (Wildman–Crippen LogP) is 1.96. The van der Waals surface area contributed by atoms with Gasteiger partial charge in [0.15, 0.2) is 11.4 Å². The highest BCUT2D eigenvalue weighted by atomic mass is 32.2. The molecule has 0 saturated carbocycles. The summed E-state index contributed by atoms with van der Waals surface area (Å²) in [4.78, 5) is 17.3. The predicted molar refractivity (Wildman–Crippen MR) is 114 cm³/mol. The number of aromatic nitrogens is 4. The average Bonchev–Trinajstić information content (AvgIpc) is 3.40. The zero-order valence-corrected chi connectivity index (χ0v) is 18.8. The number of imidazole rings is 1. The largest absolute Gasteiger partial charge is 0.354 e. The van der Waals surface area contributed by atoms with Crippen LogP contribution < -0.4 is 15.1 Å². The van der Waals surface area contributed by atoms with Crippen molar-refractivity contribution in [1.29, 1.82) is 0 Å². The summed E-state index contributed by atoms with van der Waals surface area (Å²) in [7, 11) is -3.18. The molecule has 4 aromatic rings. The van der Waals surface area contributed by atoms with Gasteiger partial charge in [0.2, 0.25) is 0 Å². The van der Waals surface area contributed by atoms with Gasteiger partial charge in [0.25, 0.3) is 10.2 Å². The maximum atomic E-state index is 15.0. The number of nitrogens with one attached hydrogen (secondary N) is 2. The van der Waals surface area contributed by atoms with Gasteiger partial charge in [-0.3, -0.25) is 9.55 Å². The number of pyridine rings is 1. The van der Waals surface area contributed by atoms with E-state index in [1.165, 1.54) is 12.1 Å². The van der Waals surface area contributed by atoms with Gasteiger partial charge in [-0.05, 0) is 19.1 Å². The number of alkyl halides is 2. The van der Waals surface area contributed by atoms with Crippen molar-refractivity contribution in [2.24, 2.45) is 0 Å². The monoisotopic (exact) mass is 512 g/mol. The van der Waals surface area contributed by atoms with E-state index in [1.54, 1.807) is 11.6 Å². The third kappa shape index (κ3) is 3.54. The topological polar surface area (TPSA) is 124 Å². The van der Waals surface area contributed by atoms with Crippen LogP contribution in [-0.4, -0.2) is 40.8 Å². The molecule has 0 aliphatic carbocycles. The fraction of sp³-hybridized carbons (Fsp3) is 0.250. The number of benzene rings is 1. The molecule has 3 aromatic heterocycles. The quantitative estimate of drug-likeness (QED) is 0.394. The minimum Gasteiger partial charge on any atom is -0.354 e. The summed E-state index contributed by atoms with van der Waals surface area (Å²) in [6, 6.07) is 2.71. The number of hydrogen-bond donors (Lipinski definition) is 2. The van der Waals surface area contributed by atoms with E-state index in [9.17, 15) is 22.0 Å². The molecular weight excluding hydrogens is 496 g/mol. The number of halogens is 4. The van der Waals surface area contributed by atoms with Gasteiger partial charge in [-0.2, -0.15) is 21.9 Å². The molecule has 0 spiro atoms. The molecule has 0 bridgehead atoms. The average molecular weight is 512 g/mol. The third-order valence-electron chi connectivity index (χ3n) is 5.68. The fourth-order valence-electron chi connectivity index (χ4n) is 4.05. The first-order valence-electron chi connectivity index (χ1n) is 10.1. The molecule has 4 heterocycles. The Morgan fingerprint density at radius 2 is 1.91 bits per heavy atom. The number of aryl methyl sites for hydroxylation is 1. The molecule has 10 nitrogen and oxygen atoms in total. The van der Waals surface area contributed by atoms with Gasteiger partial charge in [-0.1, -0.05) is 11.2 Å². The molecule has 35 heavy (non-hydrogen) atoms. The smallest absolute Gasteiger partial charge is 0.334 e. The maximum absolute atomic E-state index is 15.0. The molecule has 1 aliphatic rings. The molecule has 0 amide bonds. The third-order valence-corrected chi connectivity index (χ3v) is 6.82. The second-order valence-electron chi connectivity index (χ2n) is 7.87. The normalized spacial score (nSPS) is 17.3. The molecule has 2 N–H and O–H groups in total. The lowest BCUT2D eigenvalue weighted by molar-refractivity contribution is -0.0249. The molecule has 0 radical (unpaired) electrons. The van der Waals surface area contributed by atoms with Crippen LogP contribution in [0.5, 0.6) is 0 Å². The summed E-state index contributed by atoms with van der Waals surface area (Å²) in [5.41, 5.74) is -2.14. The first-order chi connectivity index (χ1) is 16.4. The van der Waals surface area contributed by atoms with Gasteiger partial charge in [0.1, 0.15) is 23.4 Å². The van der Waals surface area contributed by atoms with E-state index in [0.29, 0.717) is 10.3 Å². The molecule has 15 heteroatoms. The minimum atomic E-state index is -4.22. The maximum Gasteiger partial charge on any atom is 0.334 e. The Bertz CT molecular complexity index is 1640. The van der Waals surface area contributed by atoms with Gasteiger partial charge in [0, 0.05) is 25.0 Å². The van der Waals surface area contributed by atoms with Gasteiger partial charge in [-0.25, -0.2) is 22.9 Å². The lowest BCUT2D eigenvalue weighted by atomic mass is 10.1. The van der Waals surface area contributed by atoms with Crippen LogP contribution in [0.1, 0.15) is 11.4 Å². The van der Waals surface area contributed by atoms with Crippen LogP contribution >= 0.6 is 0 Å². The van der Waals surface area contributed by atoms with E-state index in [0.717, 1.165) is 29.9 Å². The zero-order valence-electron chi connectivity index (χ0n) is 18.0. The van der Waals surface area contributed by atoms with Crippen LogP contribution in [0.25, 0.3) is 28.0 Å². The van der Waals surface area contributed by atoms with Crippen molar-refractivity contribution in [2.45, 2.75) is 25.4 Å². The van der Waals surface area contributed by atoms with Gasteiger partial charge < -0.3 is 4.52 Å². The first kappa shape index (κ1) is 23.2. The Labute approximate surface area is 194 Å². The van der Waals surface area contributed by atoms with Crippen LogP contribution in [0.4, 0.5) is 17.6 Å². The van der Waals surface area contributed by atoms with Crippen LogP contribution in [0.3, 0.4) is 0 Å². The van der Waals surface area contributed by atoms with Gasteiger partial charge in [0.05, 0.1) is 23.2 Å². The molecule has 1 aliphatic heterocycles. The van der Waals surface area contributed by atoms with Crippen molar-refractivity contribution < 1.29 is 30.5 Å². The SMILES string of the molecule is CNS(=O)(=O)N[C@@H]1Cn2c(cn(-c3noc4cc(C)nc(-c5c(F)cccc5F)c34)c2=O)C1(F)F. The zero-order chi connectivity index (χ0) is 25.3. The van der Waals surface area contributed by atoms with Gasteiger partial charge in [-0.15, -0.1) is 0 Å². The summed E-state index contributed by atoms with van der Waals surface area (Å²) >= 11 is 0. The van der Waals surface area contributed by atoms with E-state index in [4.69, 9.17) is 4.52 Å². The van der Waals surface area contributed by atoms with E-state index in [2.05, 4.69) is 10.1 Å². The van der Waals surface area contributed by atoms with Crippen molar-refractivity contribution in [3.8, 4) is 17.1 Å². The molecular formula is C20H16F4N6O4S. The van der Waals surface area contributed by atoms with E-state index >= 15 is 8.78 Å². The van der Waals surface area contributed by atoms with Crippen molar-refractivity contribution in [3.05, 3.63) is 64.0 Å². The summed E-state index contributed by atoms with van der Waals surface area (Å²) in [6.07, 6.45) is 0.786. The minimum absolute atomic E-state index is 0.0230. The molecule has 0 fully saturated rings. The standard InChI is InChI=1S/C20H16F4N6O4S/c1-9-6-12-16(17(26-9)15-10(21)4-3-5-11(15)22)18(27-34-12)30-8-14-20(23,24)13(7-29(14)19(30)31)28-35(32,33)25-2/h3-6,8,13,25,28H,7H2,1-2H3/t13-/m1/s1. The number of fused-ring (bicyclic) bond motifs is 2. The molecule has 1 aromatic carbocycles. The van der Waals surface area contributed by atoms with E-state index in [-0.39, 0.29) is 22.5 Å². The van der Waals surface area contributed by atoms with Crippen LogP contribution in [0.15, 0.2) is 39.8 Å². The Kier molecular flexibility index (Phi) is 5.12. The Hall–Kier alpha value is -3.56. The second-order valence-corrected chi connectivity index (χ2v) is 9.52. The number of hydrogen-bond acceptors (Lipinski definition) is 6. The second kappa shape index (κ2) is 7.73. The highest BCUT2D eigenvalue weighted by molar-refractivity contribution is 7.87. The summed E-state index contributed by atoms with van der Waals surface area (Å²) < 4.78 is 93.1. The van der Waals surface area contributed by atoms with Crippen LogP contribution in [-0.2, 0) is 22.7 Å². The Morgan fingerprint density at radius 3 is 2.54 bits per heavy atom. The molecule has 5 rings (SSSR count). The Balaban J connectivity index is 1.69. The summed E-state index contributed by atoms with van der Waals surface area (Å²) in [6.45, 7) is 0.882. The number of rotatable bonds is 5. The van der Waals surface area contributed by atoms with E-state index in [1.807, 2.05) is 4.72 Å². The lowest BCUT2D eigenvalue weighted by Crippen LogP contribution is -2.48.